The Morgan fingerprint density at radius 3 is 2.55 bits per heavy atom. The van der Waals surface area contributed by atoms with E-state index in [4.69, 9.17) is 4.99 Å². The summed E-state index contributed by atoms with van der Waals surface area (Å²) in [5, 5.41) is 10.7. The fraction of sp³-hybridized carbons (Fsp3) is 0.438. The number of nitrogens with zero attached hydrogens (tertiary/aromatic N) is 3. The molecule has 0 unspecified atom stereocenters. The van der Waals surface area contributed by atoms with Crippen LogP contribution in [0.25, 0.3) is 10.4 Å². The van der Waals surface area contributed by atoms with Crippen molar-refractivity contribution in [3.05, 3.63) is 45.4 Å². The first kappa shape index (κ1) is 15.0. The van der Waals surface area contributed by atoms with Crippen LogP contribution in [0.1, 0.15) is 32.1 Å². The smallest absolute Gasteiger partial charge is 0.269 e. The normalized spacial score (nSPS) is 16.9. The van der Waals surface area contributed by atoms with E-state index in [-0.39, 0.29) is 10.6 Å². The van der Waals surface area contributed by atoms with Gasteiger partial charge in [-0.2, -0.15) is 0 Å². The Morgan fingerprint density at radius 1 is 1.23 bits per heavy atom. The Kier molecular flexibility index (Phi) is 4.38. The van der Waals surface area contributed by atoms with Crippen LogP contribution in [0.15, 0.2) is 35.5 Å². The van der Waals surface area contributed by atoms with Crippen LogP contribution in [0.2, 0.25) is 0 Å². The third-order valence-electron chi connectivity index (χ3n) is 4.04. The van der Waals surface area contributed by atoms with Gasteiger partial charge in [-0.1, -0.05) is 30.6 Å². The van der Waals surface area contributed by atoms with Gasteiger partial charge in [0.1, 0.15) is 0 Å². The molecule has 2 aromatic rings. The molecule has 0 aliphatic heterocycles. The van der Waals surface area contributed by atoms with E-state index in [0.29, 0.717) is 6.04 Å². The molecule has 0 amide bonds. The summed E-state index contributed by atoms with van der Waals surface area (Å²) in [6.45, 7) is 0. The second-order valence-corrected chi connectivity index (χ2v) is 6.72. The van der Waals surface area contributed by atoms with Gasteiger partial charge >= 0.3 is 0 Å². The predicted molar refractivity (Wildman–Crippen MR) is 87.8 cm³/mol. The third kappa shape index (κ3) is 3.27. The largest absolute Gasteiger partial charge is 0.326 e. The Balaban J connectivity index is 1.88. The number of thiazole rings is 1. The summed E-state index contributed by atoms with van der Waals surface area (Å²) in [4.78, 5) is 17.3. The van der Waals surface area contributed by atoms with E-state index in [1.165, 1.54) is 32.1 Å². The molecule has 1 aliphatic carbocycles. The van der Waals surface area contributed by atoms with Crippen LogP contribution in [0.3, 0.4) is 0 Å². The molecule has 0 saturated heterocycles. The van der Waals surface area contributed by atoms with Crippen LogP contribution in [0.5, 0.6) is 0 Å². The highest BCUT2D eigenvalue weighted by molar-refractivity contribution is 7.12. The van der Waals surface area contributed by atoms with E-state index in [1.807, 2.05) is 13.2 Å². The lowest BCUT2D eigenvalue weighted by Gasteiger charge is -2.16. The second-order valence-electron chi connectivity index (χ2n) is 5.71. The highest BCUT2D eigenvalue weighted by atomic mass is 32.1. The zero-order chi connectivity index (χ0) is 15.5. The van der Waals surface area contributed by atoms with Crippen LogP contribution < -0.4 is 4.80 Å². The van der Waals surface area contributed by atoms with Gasteiger partial charge in [0.25, 0.3) is 5.69 Å². The zero-order valence-electron chi connectivity index (χ0n) is 12.6. The molecule has 1 heterocycles. The molecule has 1 aromatic carbocycles. The molecule has 6 heteroatoms. The number of nitro benzene ring substituents is 1. The summed E-state index contributed by atoms with van der Waals surface area (Å²) in [6, 6.07) is 7.14. The van der Waals surface area contributed by atoms with Gasteiger partial charge in [0.05, 0.1) is 15.8 Å². The van der Waals surface area contributed by atoms with Gasteiger partial charge < -0.3 is 4.57 Å². The van der Waals surface area contributed by atoms with Gasteiger partial charge in [-0.15, -0.1) is 0 Å². The quantitative estimate of drug-likeness (QED) is 0.637. The molecule has 0 N–H and O–H groups in total. The van der Waals surface area contributed by atoms with Crippen LogP contribution in [0, 0.1) is 10.1 Å². The molecular formula is C16H19N3O2S. The van der Waals surface area contributed by atoms with Gasteiger partial charge in [0, 0.05) is 25.4 Å². The monoisotopic (exact) mass is 317 g/mol. The molecule has 1 fully saturated rings. The summed E-state index contributed by atoms with van der Waals surface area (Å²) in [5.74, 6) is 0. The van der Waals surface area contributed by atoms with Crippen molar-refractivity contribution in [1.29, 1.82) is 0 Å². The first-order valence-corrected chi connectivity index (χ1v) is 8.40. The van der Waals surface area contributed by atoms with Crippen molar-refractivity contribution in [2.24, 2.45) is 12.0 Å². The van der Waals surface area contributed by atoms with Crippen molar-refractivity contribution >= 4 is 17.0 Å². The summed E-state index contributed by atoms with van der Waals surface area (Å²) >= 11 is 1.65. The summed E-state index contributed by atoms with van der Waals surface area (Å²) in [6.07, 6.45) is 8.30. The number of rotatable bonds is 3. The van der Waals surface area contributed by atoms with Crippen LogP contribution in [-0.4, -0.2) is 15.5 Å². The van der Waals surface area contributed by atoms with Gasteiger partial charge in [-0.3, -0.25) is 15.1 Å². The molecule has 3 rings (SSSR count). The minimum absolute atomic E-state index is 0.122. The molecule has 0 bridgehead atoms. The average molecular weight is 317 g/mol. The van der Waals surface area contributed by atoms with E-state index < -0.39 is 0 Å². The fourth-order valence-corrected chi connectivity index (χ4v) is 3.85. The summed E-state index contributed by atoms with van der Waals surface area (Å²) in [7, 11) is 2.01. The SMILES string of the molecule is Cn1cc(-c2ccc([N+](=O)[O-])cc2)s/c1=N\C1CCCCC1. The number of non-ortho nitro benzene ring substituents is 1. The molecule has 0 spiro atoms. The van der Waals surface area contributed by atoms with Gasteiger partial charge in [0.2, 0.25) is 0 Å². The molecule has 1 saturated carbocycles. The maximum Gasteiger partial charge on any atom is 0.269 e. The van der Waals surface area contributed by atoms with Crippen molar-refractivity contribution in [2.45, 2.75) is 38.1 Å². The van der Waals surface area contributed by atoms with Crippen molar-refractivity contribution in [2.75, 3.05) is 0 Å². The number of nitro groups is 1. The highest BCUT2D eigenvalue weighted by Crippen LogP contribution is 2.25. The topological polar surface area (TPSA) is 60.4 Å². The molecular weight excluding hydrogens is 298 g/mol. The molecule has 1 aliphatic rings. The standard InChI is InChI=1S/C16H19N3O2S/c1-18-11-15(12-7-9-14(10-8-12)19(20)21)22-16(18)17-13-5-3-2-4-6-13/h7-11,13H,2-6H2,1H3/b17-16-. The van der Waals surface area contributed by atoms with Gasteiger partial charge in [-0.25, -0.2) is 0 Å². The number of aromatic nitrogens is 1. The fourth-order valence-electron chi connectivity index (χ4n) is 2.79. The van der Waals surface area contributed by atoms with E-state index in [0.717, 1.165) is 15.2 Å². The van der Waals surface area contributed by atoms with Crippen molar-refractivity contribution in [3.8, 4) is 10.4 Å². The van der Waals surface area contributed by atoms with E-state index in [9.17, 15) is 10.1 Å². The lowest BCUT2D eigenvalue weighted by atomic mass is 9.96. The Labute approximate surface area is 133 Å². The number of hydrogen-bond acceptors (Lipinski definition) is 4. The number of hydrogen-bond donors (Lipinski definition) is 0. The summed E-state index contributed by atoms with van der Waals surface area (Å²) < 4.78 is 2.05. The lowest BCUT2D eigenvalue weighted by molar-refractivity contribution is -0.384. The van der Waals surface area contributed by atoms with Crippen molar-refractivity contribution < 1.29 is 4.92 Å². The molecule has 0 radical (unpaired) electrons. The molecule has 116 valence electrons. The predicted octanol–water partition coefficient (Wildman–Crippen LogP) is 3.90. The number of benzene rings is 1. The van der Waals surface area contributed by atoms with Crippen molar-refractivity contribution in [3.63, 3.8) is 0 Å². The Hall–Kier alpha value is -1.95. The minimum Gasteiger partial charge on any atom is -0.326 e. The molecule has 5 nitrogen and oxygen atoms in total. The van der Waals surface area contributed by atoms with Crippen LogP contribution in [-0.2, 0) is 7.05 Å². The van der Waals surface area contributed by atoms with E-state index >= 15 is 0 Å². The lowest BCUT2D eigenvalue weighted by Crippen LogP contribution is -2.17. The molecule has 1 aromatic heterocycles. The highest BCUT2D eigenvalue weighted by Gasteiger charge is 2.13. The Morgan fingerprint density at radius 2 is 1.91 bits per heavy atom. The van der Waals surface area contributed by atoms with E-state index in [2.05, 4.69) is 4.57 Å². The average Bonchev–Trinajstić information content (AvgIpc) is 2.89. The van der Waals surface area contributed by atoms with Gasteiger partial charge in [-0.05, 0) is 30.5 Å². The van der Waals surface area contributed by atoms with Crippen LogP contribution in [0.4, 0.5) is 5.69 Å². The first-order valence-electron chi connectivity index (χ1n) is 7.58. The second kappa shape index (κ2) is 6.44. The minimum atomic E-state index is -0.373. The third-order valence-corrected chi connectivity index (χ3v) is 5.18. The first-order chi connectivity index (χ1) is 10.6. The molecule has 22 heavy (non-hydrogen) atoms. The molecule has 0 atom stereocenters. The van der Waals surface area contributed by atoms with Crippen molar-refractivity contribution in [1.82, 2.24) is 4.57 Å². The maximum atomic E-state index is 10.7. The Bertz CT molecular complexity index is 725. The van der Waals surface area contributed by atoms with E-state index in [1.54, 1.807) is 35.6 Å². The maximum absolute atomic E-state index is 10.7. The van der Waals surface area contributed by atoms with Gasteiger partial charge in [0.15, 0.2) is 4.80 Å². The number of aryl methyl sites for hydroxylation is 1. The zero-order valence-corrected chi connectivity index (χ0v) is 13.4. The summed E-state index contributed by atoms with van der Waals surface area (Å²) in [5.41, 5.74) is 1.12. The van der Waals surface area contributed by atoms with Crippen LogP contribution >= 0.6 is 11.3 Å².